The van der Waals surface area contributed by atoms with Crippen molar-refractivity contribution in [1.29, 1.82) is 0 Å². The molecule has 1 unspecified atom stereocenters. The fourth-order valence-corrected chi connectivity index (χ4v) is 2.96. The first-order chi connectivity index (χ1) is 5.81. The molecule has 3 aliphatic carbocycles. The van der Waals surface area contributed by atoms with E-state index in [9.17, 15) is 0 Å². The maximum atomic E-state index is 8.70. The van der Waals surface area contributed by atoms with E-state index in [1.807, 2.05) is 6.92 Å². The Hall–Kier alpha value is -0.530. The Morgan fingerprint density at radius 1 is 1.25 bits per heavy atom. The number of hydrogen-bond donors (Lipinski definition) is 1. The zero-order chi connectivity index (χ0) is 8.55. The van der Waals surface area contributed by atoms with E-state index < -0.39 is 0 Å². The Labute approximate surface area is 73.7 Å². The van der Waals surface area contributed by atoms with E-state index in [1.165, 1.54) is 32.1 Å². The van der Waals surface area contributed by atoms with Crippen LogP contribution in [-0.2, 0) is 0 Å². The van der Waals surface area contributed by atoms with Crippen molar-refractivity contribution < 1.29 is 5.21 Å². The molecule has 0 saturated heterocycles. The van der Waals surface area contributed by atoms with Crippen LogP contribution in [0, 0.1) is 17.8 Å². The minimum atomic E-state index is 0.600. The molecular weight excluding hydrogens is 150 g/mol. The predicted octanol–water partition coefficient (Wildman–Crippen LogP) is 2.66. The molecule has 2 heteroatoms. The third kappa shape index (κ3) is 1.23. The third-order valence-electron chi connectivity index (χ3n) is 3.74. The van der Waals surface area contributed by atoms with E-state index >= 15 is 0 Å². The van der Waals surface area contributed by atoms with Gasteiger partial charge in [0.05, 0.1) is 5.71 Å². The van der Waals surface area contributed by atoms with E-state index in [4.69, 9.17) is 5.21 Å². The topological polar surface area (TPSA) is 32.6 Å². The van der Waals surface area contributed by atoms with Gasteiger partial charge in [0.2, 0.25) is 0 Å². The van der Waals surface area contributed by atoms with Crippen molar-refractivity contribution in [1.82, 2.24) is 0 Å². The fraction of sp³-hybridized carbons (Fsp3) is 0.900. The van der Waals surface area contributed by atoms with Crippen molar-refractivity contribution in [2.45, 2.75) is 39.0 Å². The second-order valence-corrected chi connectivity index (χ2v) is 4.36. The third-order valence-corrected chi connectivity index (χ3v) is 3.74. The summed E-state index contributed by atoms with van der Waals surface area (Å²) >= 11 is 0. The highest BCUT2D eigenvalue weighted by atomic mass is 16.4. The summed E-state index contributed by atoms with van der Waals surface area (Å²) in [7, 11) is 0. The molecule has 0 aromatic carbocycles. The molecule has 0 spiro atoms. The smallest absolute Gasteiger partial charge is 0.0573 e. The van der Waals surface area contributed by atoms with Crippen LogP contribution in [-0.4, -0.2) is 10.9 Å². The predicted molar refractivity (Wildman–Crippen MR) is 48.5 cm³/mol. The summed E-state index contributed by atoms with van der Waals surface area (Å²) < 4.78 is 0. The fourth-order valence-electron chi connectivity index (χ4n) is 2.96. The van der Waals surface area contributed by atoms with Crippen molar-refractivity contribution in [2.75, 3.05) is 0 Å². The lowest BCUT2D eigenvalue weighted by molar-refractivity contribution is 0.136. The van der Waals surface area contributed by atoms with Gasteiger partial charge in [-0.1, -0.05) is 18.0 Å². The summed E-state index contributed by atoms with van der Waals surface area (Å²) in [6, 6.07) is 0. The van der Waals surface area contributed by atoms with Crippen LogP contribution >= 0.6 is 0 Å². The van der Waals surface area contributed by atoms with Crippen molar-refractivity contribution in [3.63, 3.8) is 0 Å². The molecular formula is C10H17NO. The van der Waals surface area contributed by atoms with Crippen molar-refractivity contribution in [2.24, 2.45) is 22.9 Å². The molecule has 2 nitrogen and oxygen atoms in total. The molecule has 0 aliphatic heterocycles. The zero-order valence-corrected chi connectivity index (χ0v) is 7.66. The summed E-state index contributed by atoms with van der Waals surface area (Å²) in [6.45, 7) is 1.96. The first kappa shape index (κ1) is 8.09. The molecule has 0 amide bonds. The van der Waals surface area contributed by atoms with Gasteiger partial charge in [-0.2, -0.15) is 0 Å². The lowest BCUT2D eigenvalue weighted by atomic mass is 9.63. The van der Waals surface area contributed by atoms with Gasteiger partial charge in [0.15, 0.2) is 0 Å². The molecule has 3 rings (SSSR count). The lowest BCUT2D eigenvalue weighted by Crippen LogP contribution is -2.35. The summed E-state index contributed by atoms with van der Waals surface area (Å²) in [6.07, 6.45) is 6.84. The van der Waals surface area contributed by atoms with Gasteiger partial charge in [-0.3, -0.25) is 0 Å². The highest BCUT2D eigenvalue weighted by Crippen LogP contribution is 2.45. The van der Waals surface area contributed by atoms with Crippen LogP contribution in [0.2, 0.25) is 0 Å². The molecule has 1 N–H and O–H groups in total. The SMILES string of the molecule is C/C(=N\O)C1CC2CCC1CC2. The van der Waals surface area contributed by atoms with Crippen LogP contribution in [0.3, 0.4) is 0 Å². The second kappa shape index (κ2) is 3.08. The van der Waals surface area contributed by atoms with Gasteiger partial charge >= 0.3 is 0 Å². The minimum Gasteiger partial charge on any atom is -0.411 e. The summed E-state index contributed by atoms with van der Waals surface area (Å²) in [5.41, 5.74) is 0.962. The zero-order valence-electron chi connectivity index (χ0n) is 7.66. The summed E-state index contributed by atoms with van der Waals surface area (Å²) in [5.74, 6) is 2.35. The van der Waals surface area contributed by atoms with E-state index in [1.54, 1.807) is 0 Å². The number of rotatable bonds is 1. The van der Waals surface area contributed by atoms with E-state index in [0.29, 0.717) is 5.92 Å². The molecule has 12 heavy (non-hydrogen) atoms. The van der Waals surface area contributed by atoms with Gasteiger partial charge in [0.1, 0.15) is 0 Å². The normalized spacial score (nSPS) is 41.8. The van der Waals surface area contributed by atoms with Gasteiger partial charge in [-0.25, -0.2) is 0 Å². The highest BCUT2D eigenvalue weighted by molar-refractivity contribution is 5.84. The Kier molecular flexibility index (Phi) is 2.07. The minimum absolute atomic E-state index is 0.600. The molecule has 0 aromatic heterocycles. The van der Waals surface area contributed by atoms with Crippen molar-refractivity contribution in [3.8, 4) is 0 Å². The van der Waals surface area contributed by atoms with Gasteiger partial charge in [0, 0.05) is 5.92 Å². The molecule has 3 fully saturated rings. The maximum Gasteiger partial charge on any atom is 0.0573 e. The number of oxime groups is 1. The molecule has 0 radical (unpaired) electrons. The maximum absolute atomic E-state index is 8.70. The Balaban J connectivity index is 2.08. The quantitative estimate of drug-likeness (QED) is 0.363. The number of fused-ring (bicyclic) bond motifs is 3. The summed E-state index contributed by atoms with van der Waals surface area (Å²) in [4.78, 5) is 0. The van der Waals surface area contributed by atoms with E-state index in [-0.39, 0.29) is 0 Å². The average Bonchev–Trinajstić information content (AvgIpc) is 2.18. The largest absolute Gasteiger partial charge is 0.411 e. The monoisotopic (exact) mass is 167 g/mol. The van der Waals surface area contributed by atoms with Crippen LogP contribution in [0.5, 0.6) is 0 Å². The number of nitrogens with zero attached hydrogens (tertiary/aromatic N) is 1. The lowest BCUT2D eigenvalue weighted by Gasteiger charge is -2.42. The number of hydrogen-bond acceptors (Lipinski definition) is 2. The van der Waals surface area contributed by atoms with Gasteiger partial charge in [0.25, 0.3) is 0 Å². The van der Waals surface area contributed by atoms with Crippen LogP contribution in [0.1, 0.15) is 39.0 Å². The van der Waals surface area contributed by atoms with Crippen LogP contribution in [0.25, 0.3) is 0 Å². The standard InChI is InChI=1S/C10H17NO/c1-7(11-12)10-6-8-2-4-9(10)5-3-8/h8-10,12H,2-6H2,1H3/b11-7+. The first-order valence-electron chi connectivity index (χ1n) is 5.00. The average molecular weight is 167 g/mol. The molecule has 68 valence electrons. The van der Waals surface area contributed by atoms with Crippen LogP contribution in [0.15, 0.2) is 5.16 Å². The van der Waals surface area contributed by atoms with Gasteiger partial charge in [-0.15, -0.1) is 0 Å². The van der Waals surface area contributed by atoms with Gasteiger partial charge in [-0.05, 0) is 38.0 Å². The molecule has 1 atom stereocenters. The van der Waals surface area contributed by atoms with Crippen LogP contribution in [0.4, 0.5) is 0 Å². The molecule has 0 aromatic rings. The summed E-state index contributed by atoms with van der Waals surface area (Å²) in [5, 5.41) is 12.1. The Morgan fingerprint density at radius 3 is 2.33 bits per heavy atom. The first-order valence-corrected chi connectivity index (χ1v) is 5.00. The second-order valence-electron chi connectivity index (χ2n) is 4.36. The molecule has 3 saturated carbocycles. The highest BCUT2D eigenvalue weighted by Gasteiger charge is 2.36. The van der Waals surface area contributed by atoms with E-state index in [2.05, 4.69) is 5.16 Å². The Bertz CT molecular complexity index is 192. The van der Waals surface area contributed by atoms with Crippen LogP contribution < -0.4 is 0 Å². The molecule has 3 aliphatic rings. The Morgan fingerprint density at radius 2 is 1.92 bits per heavy atom. The molecule has 0 heterocycles. The molecule has 2 bridgehead atoms. The van der Waals surface area contributed by atoms with Gasteiger partial charge < -0.3 is 5.21 Å². The van der Waals surface area contributed by atoms with E-state index in [0.717, 1.165) is 17.5 Å². The van der Waals surface area contributed by atoms with Crippen molar-refractivity contribution >= 4 is 5.71 Å². The van der Waals surface area contributed by atoms with Crippen molar-refractivity contribution in [3.05, 3.63) is 0 Å².